The van der Waals surface area contributed by atoms with Crippen LogP contribution in [0.3, 0.4) is 0 Å². The van der Waals surface area contributed by atoms with Crippen molar-refractivity contribution in [3.8, 4) is 5.75 Å². The smallest absolute Gasteiger partial charge is 0.142 e. The quantitative estimate of drug-likeness (QED) is 0.549. The molecule has 2 nitrogen and oxygen atoms in total. The predicted octanol–water partition coefficient (Wildman–Crippen LogP) is 2.56. The number of allylic oxidation sites excluding steroid dienone is 1. The van der Waals surface area contributed by atoms with Gasteiger partial charge in [0, 0.05) is 10.6 Å². The zero-order valence-electron chi connectivity index (χ0n) is 7.16. The summed E-state index contributed by atoms with van der Waals surface area (Å²) < 4.78 is 5.07. The van der Waals surface area contributed by atoms with E-state index in [0.29, 0.717) is 17.1 Å². The normalized spacial score (nSPS) is 10.3. The highest BCUT2D eigenvalue weighted by Gasteiger charge is 1.99. The molecule has 1 rings (SSSR count). The van der Waals surface area contributed by atoms with Crippen molar-refractivity contribution in [3.63, 3.8) is 0 Å². The lowest BCUT2D eigenvalue weighted by Crippen LogP contribution is -1.86. The molecule has 0 N–H and O–H groups in total. The number of carbonyl (C=O) groups is 1. The Hall–Kier alpha value is -1.28. The molecule has 0 spiro atoms. The topological polar surface area (TPSA) is 26.3 Å². The Balaban J connectivity index is 3.05. The molecule has 0 bridgehead atoms. The molecular formula is C10H9ClO2. The number of benzene rings is 1. The number of rotatable bonds is 3. The molecule has 0 aromatic heterocycles. The fourth-order valence-electron chi connectivity index (χ4n) is 0.966. The minimum Gasteiger partial charge on any atom is -0.496 e. The number of methoxy groups -OCH3 is 1. The van der Waals surface area contributed by atoms with E-state index < -0.39 is 0 Å². The Morgan fingerprint density at radius 3 is 2.85 bits per heavy atom. The fraction of sp³-hybridized carbons (Fsp3) is 0.100. The van der Waals surface area contributed by atoms with E-state index in [4.69, 9.17) is 16.3 Å². The second kappa shape index (κ2) is 4.67. The molecule has 1 aromatic carbocycles. The standard InChI is InChI=1S/C10H9ClO2/c1-13-10-7-9(11)5-4-8(10)3-2-6-12/h2-7H,1H3. The van der Waals surface area contributed by atoms with E-state index >= 15 is 0 Å². The highest BCUT2D eigenvalue weighted by atomic mass is 35.5. The number of hydrogen-bond acceptors (Lipinski definition) is 2. The van der Waals surface area contributed by atoms with Gasteiger partial charge in [0.1, 0.15) is 12.0 Å². The fourth-order valence-corrected chi connectivity index (χ4v) is 1.13. The number of aldehydes is 1. The van der Waals surface area contributed by atoms with Crippen LogP contribution in [0.2, 0.25) is 5.02 Å². The predicted molar refractivity (Wildman–Crippen MR) is 53.1 cm³/mol. The average Bonchev–Trinajstić information content (AvgIpc) is 2.16. The van der Waals surface area contributed by atoms with Crippen LogP contribution >= 0.6 is 11.6 Å². The van der Waals surface area contributed by atoms with E-state index in [9.17, 15) is 4.79 Å². The van der Waals surface area contributed by atoms with Gasteiger partial charge in [0.15, 0.2) is 0 Å². The van der Waals surface area contributed by atoms with E-state index in [1.165, 1.54) is 6.08 Å². The summed E-state index contributed by atoms with van der Waals surface area (Å²) in [5, 5.41) is 0.611. The summed E-state index contributed by atoms with van der Waals surface area (Å²) in [6.07, 6.45) is 3.79. The molecule has 0 saturated heterocycles. The first-order chi connectivity index (χ1) is 6.27. The molecule has 1 aromatic rings. The van der Waals surface area contributed by atoms with Gasteiger partial charge in [0.05, 0.1) is 7.11 Å². The Kier molecular flexibility index (Phi) is 3.53. The van der Waals surface area contributed by atoms with Gasteiger partial charge in [-0.3, -0.25) is 4.79 Å². The van der Waals surface area contributed by atoms with Gasteiger partial charge in [-0.15, -0.1) is 0 Å². The summed E-state index contributed by atoms with van der Waals surface area (Å²) in [5.41, 5.74) is 0.832. The van der Waals surface area contributed by atoms with Crippen LogP contribution in [0.25, 0.3) is 6.08 Å². The monoisotopic (exact) mass is 196 g/mol. The van der Waals surface area contributed by atoms with Crippen molar-refractivity contribution in [1.82, 2.24) is 0 Å². The minimum atomic E-state index is 0.611. The third kappa shape index (κ3) is 2.60. The van der Waals surface area contributed by atoms with Gasteiger partial charge in [0.25, 0.3) is 0 Å². The van der Waals surface area contributed by atoms with Crippen molar-refractivity contribution in [2.75, 3.05) is 7.11 Å². The van der Waals surface area contributed by atoms with Crippen molar-refractivity contribution in [3.05, 3.63) is 34.9 Å². The summed E-state index contributed by atoms with van der Waals surface area (Å²) in [6, 6.07) is 5.24. The molecule has 0 amide bonds. The third-order valence-electron chi connectivity index (χ3n) is 1.55. The second-order valence-corrected chi connectivity index (χ2v) is 2.82. The maximum Gasteiger partial charge on any atom is 0.142 e. The first-order valence-electron chi connectivity index (χ1n) is 3.73. The molecule has 0 saturated carbocycles. The Labute approximate surface area is 81.8 Å². The number of halogens is 1. The van der Waals surface area contributed by atoms with Crippen molar-refractivity contribution >= 4 is 24.0 Å². The third-order valence-corrected chi connectivity index (χ3v) is 1.78. The Morgan fingerprint density at radius 1 is 1.46 bits per heavy atom. The van der Waals surface area contributed by atoms with Gasteiger partial charge in [-0.05, 0) is 30.4 Å². The van der Waals surface area contributed by atoms with Crippen LogP contribution in [0.5, 0.6) is 5.75 Å². The lowest BCUT2D eigenvalue weighted by molar-refractivity contribution is -0.104. The molecule has 68 valence electrons. The van der Waals surface area contributed by atoms with Crippen LogP contribution < -0.4 is 4.74 Å². The lowest BCUT2D eigenvalue weighted by Gasteiger charge is -2.03. The van der Waals surface area contributed by atoms with Crippen LogP contribution in [0.15, 0.2) is 24.3 Å². The van der Waals surface area contributed by atoms with Crippen LogP contribution in [-0.2, 0) is 4.79 Å². The van der Waals surface area contributed by atoms with E-state index in [0.717, 1.165) is 5.56 Å². The van der Waals surface area contributed by atoms with Crippen LogP contribution in [-0.4, -0.2) is 13.4 Å². The summed E-state index contributed by atoms with van der Waals surface area (Å²) in [6.45, 7) is 0. The zero-order valence-corrected chi connectivity index (χ0v) is 7.91. The van der Waals surface area contributed by atoms with Gasteiger partial charge >= 0.3 is 0 Å². The van der Waals surface area contributed by atoms with E-state index in [1.807, 2.05) is 0 Å². The molecule has 0 radical (unpaired) electrons. The Bertz CT molecular complexity index is 332. The van der Waals surface area contributed by atoms with Gasteiger partial charge in [-0.25, -0.2) is 0 Å². The number of carbonyl (C=O) groups excluding carboxylic acids is 1. The zero-order chi connectivity index (χ0) is 9.68. The van der Waals surface area contributed by atoms with E-state index in [1.54, 1.807) is 31.4 Å². The largest absolute Gasteiger partial charge is 0.496 e. The minimum absolute atomic E-state index is 0.611. The van der Waals surface area contributed by atoms with Gasteiger partial charge in [-0.1, -0.05) is 11.6 Å². The highest BCUT2D eigenvalue weighted by molar-refractivity contribution is 6.30. The van der Waals surface area contributed by atoms with Gasteiger partial charge < -0.3 is 4.74 Å². The first-order valence-corrected chi connectivity index (χ1v) is 4.11. The molecule has 0 heterocycles. The molecule has 3 heteroatoms. The van der Waals surface area contributed by atoms with Crippen molar-refractivity contribution in [2.24, 2.45) is 0 Å². The van der Waals surface area contributed by atoms with Crippen molar-refractivity contribution in [2.45, 2.75) is 0 Å². The average molecular weight is 197 g/mol. The lowest BCUT2D eigenvalue weighted by atomic mass is 10.2. The molecule has 0 atom stereocenters. The molecule has 0 aliphatic heterocycles. The molecule has 0 fully saturated rings. The van der Waals surface area contributed by atoms with Crippen LogP contribution in [0, 0.1) is 0 Å². The number of hydrogen-bond donors (Lipinski definition) is 0. The number of ether oxygens (including phenoxy) is 1. The van der Waals surface area contributed by atoms with E-state index in [-0.39, 0.29) is 0 Å². The molecular weight excluding hydrogens is 188 g/mol. The summed E-state index contributed by atoms with van der Waals surface area (Å²) in [5.74, 6) is 0.658. The van der Waals surface area contributed by atoms with Crippen LogP contribution in [0.4, 0.5) is 0 Å². The molecule has 0 aliphatic rings. The summed E-state index contributed by atoms with van der Waals surface area (Å²) in [7, 11) is 1.56. The maximum absolute atomic E-state index is 10.1. The maximum atomic E-state index is 10.1. The second-order valence-electron chi connectivity index (χ2n) is 2.38. The van der Waals surface area contributed by atoms with E-state index in [2.05, 4.69) is 0 Å². The molecule has 0 unspecified atom stereocenters. The van der Waals surface area contributed by atoms with Crippen LogP contribution in [0.1, 0.15) is 5.56 Å². The molecule has 13 heavy (non-hydrogen) atoms. The SMILES string of the molecule is COc1cc(Cl)ccc1C=CC=O. The van der Waals surface area contributed by atoms with Gasteiger partial charge in [0.2, 0.25) is 0 Å². The molecule has 0 aliphatic carbocycles. The van der Waals surface area contributed by atoms with Gasteiger partial charge in [-0.2, -0.15) is 0 Å². The first kappa shape index (κ1) is 9.81. The summed E-state index contributed by atoms with van der Waals surface area (Å²) in [4.78, 5) is 10.1. The highest BCUT2D eigenvalue weighted by Crippen LogP contribution is 2.23. The Morgan fingerprint density at radius 2 is 2.23 bits per heavy atom. The van der Waals surface area contributed by atoms with Crippen molar-refractivity contribution < 1.29 is 9.53 Å². The summed E-state index contributed by atoms with van der Waals surface area (Å²) >= 11 is 5.76. The van der Waals surface area contributed by atoms with Crippen molar-refractivity contribution in [1.29, 1.82) is 0 Å².